The van der Waals surface area contributed by atoms with Crippen molar-refractivity contribution in [1.82, 2.24) is 10.6 Å². The van der Waals surface area contributed by atoms with Crippen LogP contribution < -0.4 is 10.6 Å². The highest BCUT2D eigenvalue weighted by atomic mass is 32.2. The predicted molar refractivity (Wildman–Crippen MR) is 68.5 cm³/mol. The molecule has 0 aromatic carbocycles. The second-order valence-electron chi connectivity index (χ2n) is 4.31. The Balaban J connectivity index is 4.04. The van der Waals surface area contributed by atoms with E-state index in [4.69, 9.17) is 0 Å². The lowest BCUT2D eigenvalue weighted by Gasteiger charge is -2.20. The zero-order chi connectivity index (χ0) is 12.8. The maximum absolute atomic E-state index is 10.9. The SMILES string of the molecule is CN=C(NCCS(C)(=O)=O)NC(C)C(C)C. The first-order valence-electron chi connectivity index (χ1n) is 5.41. The number of hydrogen-bond donors (Lipinski definition) is 2. The highest BCUT2D eigenvalue weighted by Crippen LogP contribution is 1.98. The van der Waals surface area contributed by atoms with Gasteiger partial charge in [0.2, 0.25) is 0 Å². The first kappa shape index (κ1) is 15.2. The summed E-state index contributed by atoms with van der Waals surface area (Å²) in [4.78, 5) is 4.03. The molecule has 1 unspecified atom stereocenters. The average Bonchev–Trinajstić information content (AvgIpc) is 2.13. The summed E-state index contributed by atoms with van der Waals surface area (Å²) in [5.74, 6) is 1.25. The van der Waals surface area contributed by atoms with E-state index in [1.165, 1.54) is 6.26 Å². The molecule has 1 atom stereocenters. The lowest BCUT2D eigenvalue weighted by atomic mass is 10.1. The molecule has 0 heterocycles. The third kappa shape index (κ3) is 7.50. The summed E-state index contributed by atoms with van der Waals surface area (Å²) in [6.45, 7) is 6.67. The number of sulfone groups is 1. The van der Waals surface area contributed by atoms with Crippen molar-refractivity contribution in [2.45, 2.75) is 26.8 Å². The number of aliphatic imine (C=N–C) groups is 1. The molecule has 0 rings (SSSR count). The van der Waals surface area contributed by atoms with Crippen molar-refractivity contribution in [2.24, 2.45) is 10.9 Å². The number of hydrogen-bond acceptors (Lipinski definition) is 3. The molecule has 5 nitrogen and oxygen atoms in total. The molecule has 6 heteroatoms. The van der Waals surface area contributed by atoms with E-state index in [0.29, 0.717) is 24.5 Å². The molecule has 0 radical (unpaired) electrons. The summed E-state index contributed by atoms with van der Waals surface area (Å²) >= 11 is 0. The third-order valence-corrected chi connectivity index (χ3v) is 3.30. The zero-order valence-corrected chi connectivity index (χ0v) is 11.6. The van der Waals surface area contributed by atoms with Crippen molar-refractivity contribution >= 4 is 15.8 Å². The molecule has 0 spiro atoms. The molecular weight excluding hydrogens is 226 g/mol. The fourth-order valence-electron chi connectivity index (χ4n) is 0.932. The molecule has 16 heavy (non-hydrogen) atoms. The van der Waals surface area contributed by atoms with Gasteiger partial charge in [-0.3, -0.25) is 4.99 Å². The van der Waals surface area contributed by atoms with Crippen molar-refractivity contribution in [3.8, 4) is 0 Å². The Labute approximate surface area is 98.6 Å². The van der Waals surface area contributed by atoms with Crippen molar-refractivity contribution < 1.29 is 8.42 Å². The van der Waals surface area contributed by atoms with Gasteiger partial charge >= 0.3 is 0 Å². The first-order valence-corrected chi connectivity index (χ1v) is 7.47. The van der Waals surface area contributed by atoms with Crippen molar-refractivity contribution in [3.63, 3.8) is 0 Å². The molecule has 0 saturated heterocycles. The van der Waals surface area contributed by atoms with Crippen molar-refractivity contribution in [3.05, 3.63) is 0 Å². The van der Waals surface area contributed by atoms with Gasteiger partial charge in [-0.1, -0.05) is 13.8 Å². The van der Waals surface area contributed by atoms with E-state index in [2.05, 4.69) is 36.4 Å². The molecule has 0 aromatic heterocycles. The van der Waals surface area contributed by atoms with Gasteiger partial charge in [0.05, 0.1) is 5.75 Å². The van der Waals surface area contributed by atoms with Gasteiger partial charge in [0.25, 0.3) is 0 Å². The van der Waals surface area contributed by atoms with Gasteiger partial charge in [0.1, 0.15) is 9.84 Å². The first-order chi connectivity index (χ1) is 7.26. The van der Waals surface area contributed by atoms with Gasteiger partial charge in [-0.25, -0.2) is 8.42 Å². The van der Waals surface area contributed by atoms with Crippen LogP contribution in [0.1, 0.15) is 20.8 Å². The minimum atomic E-state index is -2.92. The largest absolute Gasteiger partial charge is 0.355 e. The summed E-state index contributed by atoms with van der Waals surface area (Å²) < 4.78 is 21.9. The molecule has 2 N–H and O–H groups in total. The summed E-state index contributed by atoms with van der Waals surface area (Å²) in [7, 11) is -1.25. The maximum Gasteiger partial charge on any atom is 0.191 e. The van der Waals surface area contributed by atoms with Gasteiger partial charge in [0.15, 0.2) is 5.96 Å². The Morgan fingerprint density at radius 3 is 2.25 bits per heavy atom. The van der Waals surface area contributed by atoms with E-state index in [1.807, 2.05) is 0 Å². The highest BCUT2D eigenvalue weighted by molar-refractivity contribution is 7.90. The number of nitrogens with one attached hydrogen (secondary N) is 2. The molecule has 0 aliphatic rings. The Kier molecular flexibility index (Phi) is 6.40. The minimum absolute atomic E-state index is 0.115. The molecule has 96 valence electrons. The van der Waals surface area contributed by atoms with Gasteiger partial charge in [-0.2, -0.15) is 0 Å². The average molecular weight is 249 g/mol. The molecule has 0 amide bonds. The van der Waals surface area contributed by atoms with Crippen LogP contribution in [0.4, 0.5) is 0 Å². The summed E-state index contributed by atoms with van der Waals surface area (Å²) in [5, 5.41) is 6.17. The van der Waals surface area contributed by atoms with E-state index < -0.39 is 9.84 Å². The van der Waals surface area contributed by atoms with Gasteiger partial charge in [-0.15, -0.1) is 0 Å². The normalized spacial score (nSPS) is 15.0. The van der Waals surface area contributed by atoms with Crippen molar-refractivity contribution in [1.29, 1.82) is 0 Å². The Hall–Kier alpha value is -0.780. The molecule has 0 aromatic rings. The monoisotopic (exact) mass is 249 g/mol. The van der Waals surface area contributed by atoms with Gasteiger partial charge in [0, 0.05) is 25.9 Å². The molecule has 0 aliphatic carbocycles. The lowest BCUT2D eigenvalue weighted by molar-refractivity contribution is 0.481. The number of guanidine groups is 1. The summed E-state index contributed by atoms with van der Waals surface area (Å²) in [5.41, 5.74) is 0. The minimum Gasteiger partial charge on any atom is -0.355 e. The Morgan fingerprint density at radius 1 is 1.31 bits per heavy atom. The standard InChI is InChI=1S/C10H23N3O2S/c1-8(2)9(3)13-10(11-4)12-6-7-16(5,14)15/h8-9H,6-7H2,1-5H3,(H2,11,12,13). The van der Waals surface area contributed by atoms with Gasteiger partial charge in [-0.05, 0) is 12.8 Å². The van der Waals surface area contributed by atoms with Crippen LogP contribution in [-0.4, -0.2) is 46.0 Å². The number of rotatable bonds is 5. The van der Waals surface area contributed by atoms with Crippen LogP contribution >= 0.6 is 0 Å². The topological polar surface area (TPSA) is 70.6 Å². The van der Waals surface area contributed by atoms with Crippen LogP contribution in [0.15, 0.2) is 4.99 Å². The highest BCUT2D eigenvalue weighted by Gasteiger charge is 2.09. The molecule has 0 fully saturated rings. The van der Waals surface area contributed by atoms with E-state index in [1.54, 1.807) is 7.05 Å². The Morgan fingerprint density at radius 2 is 1.88 bits per heavy atom. The summed E-state index contributed by atoms with van der Waals surface area (Å²) in [6, 6.07) is 0.296. The van der Waals surface area contributed by atoms with Crippen LogP contribution in [0.25, 0.3) is 0 Å². The van der Waals surface area contributed by atoms with Crippen LogP contribution in [0.2, 0.25) is 0 Å². The van der Waals surface area contributed by atoms with E-state index in [9.17, 15) is 8.42 Å². The van der Waals surface area contributed by atoms with Gasteiger partial charge < -0.3 is 10.6 Å². The summed E-state index contributed by atoms with van der Waals surface area (Å²) in [6.07, 6.45) is 1.22. The molecule has 0 bridgehead atoms. The third-order valence-electron chi connectivity index (χ3n) is 2.35. The zero-order valence-electron chi connectivity index (χ0n) is 10.7. The predicted octanol–water partition coefficient (Wildman–Crippen LogP) is 0.241. The van der Waals surface area contributed by atoms with Crippen LogP contribution in [0, 0.1) is 5.92 Å². The fourth-order valence-corrected chi connectivity index (χ4v) is 1.40. The van der Waals surface area contributed by atoms with Crippen LogP contribution in [0.5, 0.6) is 0 Å². The van der Waals surface area contributed by atoms with E-state index in [0.717, 1.165) is 0 Å². The maximum atomic E-state index is 10.9. The smallest absolute Gasteiger partial charge is 0.191 e. The fraction of sp³-hybridized carbons (Fsp3) is 0.900. The molecule has 0 saturated carbocycles. The Bertz CT molecular complexity index is 323. The van der Waals surface area contributed by atoms with E-state index in [-0.39, 0.29) is 5.75 Å². The second kappa shape index (κ2) is 6.73. The quantitative estimate of drug-likeness (QED) is 0.541. The second-order valence-corrected chi connectivity index (χ2v) is 6.57. The van der Waals surface area contributed by atoms with Crippen molar-refractivity contribution in [2.75, 3.05) is 25.6 Å². The van der Waals surface area contributed by atoms with Crippen LogP contribution in [-0.2, 0) is 9.84 Å². The van der Waals surface area contributed by atoms with Crippen LogP contribution in [0.3, 0.4) is 0 Å². The number of nitrogens with zero attached hydrogens (tertiary/aromatic N) is 1. The molecule has 0 aliphatic heterocycles. The van der Waals surface area contributed by atoms with E-state index >= 15 is 0 Å². The molecular formula is C10H23N3O2S. The lowest BCUT2D eigenvalue weighted by Crippen LogP contribution is -2.45.